The third kappa shape index (κ3) is 5.04. The van der Waals surface area contributed by atoms with Gasteiger partial charge in [0.25, 0.3) is 0 Å². The van der Waals surface area contributed by atoms with Crippen LogP contribution in [0, 0.1) is 0 Å². The Bertz CT molecular complexity index is 2840. The largest absolute Gasteiger partial charge is 0.456 e. The summed E-state index contributed by atoms with van der Waals surface area (Å²) in [6.45, 7) is 0. The van der Waals surface area contributed by atoms with Gasteiger partial charge in [-0.1, -0.05) is 158 Å². The molecule has 51 heavy (non-hydrogen) atoms. The molecular weight excluding hydrogens is 623 g/mol. The Labute approximate surface area is 294 Å². The Morgan fingerprint density at radius 2 is 0.902 bits per heavy atom. The van der Waals surface area contributed by atoms with Gasteiger partial charge in [-0.15, -0.1) is 0 Å². The van der Waals surface area contributed by atoms with E-state index in [1.165, 1.54) is 21.9 Å². The average Bonchev–Trinajstić information content (AvgIpc) is 3.60. The third-order valence-corrected chi connectivity index (χ3v) is 9.72. The molecule has 0 N–H and O–H groups in total. The molecule has 0 aliphatic carbocycles. The van der Waals surface area contributed by atoms with Crippen molar-refractivity contribution < 1.29 is 4.42 Å². The van der Waals surface area contributed by atoms with E-state index < -0.39 is 0 Å². The maximum Gasteiger partial charge on any atom is 0.164 e. The lowest BCUT2D eigenvalue weighted by Crippen LogP contribution is -2.00. The Morgan fingerprint density at radius 1 is 0.314 bits per heavy atom. The molecule has 238 valence electrons. The van der Waals surface area contributed by atoms with Crippen molar-refractivity contribution in [3.05, 3.63) is 176 Å². The summed E-state index contributed by atoms with van der Waals surface area (Å²) in [5.41, 5.74) is 9.04. The van der Waals surface area contributed by atoms with Crippen molar-refractivity contribution in [3.8, 4) is 56.4 Å². The molecule has 0 fully saturated rings. The van der Waals surface area contributed by atoms with E-state index in [1.54, 1.807) is 0 Å². The Kier molecular flexibility index (Phi) is 6.78. The van der Waals surface area contributed by atoms with Gasteiger partial charge in [-0.25, -0.2) is 15.0 Å². The van der Waals surface area contributed by atoms with Crippen LogP contribution in [-0.2, 0) is 0 Å². The summed E-state index contributed by atoms with van der Waals surface area (Å²) >= 11 is 0. The van der Waals surface area contributed by atoms with E-state index >= 15 is 0 Å². The predicted octanol–water partition coefficient (Wildman–Crippen LogP) is 12.4. The highest BCUT2D eigenvalue weighted by Gasteiger charge is 2.20. The van der Waals surface area contributed by atoms with Crippen LogP contribution in [0.4, 0.5) is 0 Å². The van der Waals surface area contributed by atoms with Crippen molar-refractivity contribution in [2.45, 2.75) is 0 Å². The second-order valence-electron chi connectivity index (χ2n) is 12.8. The number of hydrogen-bond donors (Lipinski definition) is 0. The van der Waals surface area contributed by atoms with Crippen molar-refractivity contribution in [1.29, 1.82) is 0 Å². The zero-order chi connectivity index (χ0) is 33.7. The molecule has 0 aliphatic rings. The minimum absolute atomic E-state index is 0.605. The molecule has 0 bridgehead atoms. The number of aromatic nitrogens is 3. The van der Waals surface area contributed by atoms with Crippen LogP contribution < -0.4 is 0 Å². The van der Waals surface area contributed by atoms with Crippen LogP contribution in [0.1, 0.15) is 0 Å². The van der Waals surface area contributed by atoms with E-state index in [-0.39, 0.29) is 0 Å². The fourth-order valence-corrected chi connectivity index (χ4v) is 7.25. The van der Waals surface area contributed by atoms with Crippen molar-refractivity contribution in [2.24, 2.45) is 0 Å². The number of furan rings is 1. The molecule has 0 radical (unpaired) electrons. The molecule has 0 saturated heterocycles. The highest BCUT2D eigenvalue weighted by molar-refractivity contribution is 6.25. The molecule has 0 atom stereocenters. The fraction of sp³-hybridized carbons (Fsp3) is 0. The SMILES string of the molecule is c1ccc(-c2nc(-c3ccccc3)nc(-c3cccc4oc5cc(-c6ccc(-c7ccc8ccccc8c7)cc6)c6ccccc6c5c34)n2)cc1. The molecule has 8 aromatic carbocycles. The topological polar surface area (TPSA) is 51.8 Å². The fourth-order valence-electron chi connectivity index (χ4n) is 7.25. The first-order chi connectivity index (χ1) is 25.3. The lowest BCUT2D eigenvalue weighted by Gasteiger charge is -2.11. The lowest BCUT2D eigenvalue weighted by molar-refractivity contribution is 0.669. The molecular formula is C47H29N3O. The molecule has 10 rings (SSSR count). The van der Waals surface area contributed by atoms with Gasteiger partial charge in [-0.3, -0.25) is 0 Å². The standard InChI is InChI=1S/C47H29N3O/c1-3-13-33(14-4-1)45-48-46(34-15-5-2-6-16-34)50-47(49-45)39-20-11-21-41-44(39)43-38-19-10-9-18-37(38)40(29-42(43)51-41)32-25-22-31(23-26-32)36-27-24-30-12-7-8-17-35(30)28-36/h1-29H. The van der Waals surface area contributed by atoms with Crippen LogP contribution in [0.5, 0.6) is 0 Å². The highest BCUT2D eigenvalue weighted by atomic mass is 16.3. The minimum Gasteiger partial charge on any atom is -0.456 e. The number of nitrogens with zero attached hydrogens (tertiary/aromatic N) is 3. The van der Waals surface area contributed by atoms with Gasteiger partial charge in [0.05, 0.1) is 0 Å². The van der Waals surface area contributed by atoms with Crippen LogP contribution in [0.3, 0.4) is 0 Å². The van der Waals surface area contributed by atoms with Crippen molar-refractivity contribution >= 4 is 43.5 Å². The zero-order valence-electron chi connectivity index (χ0n) is 27.5. The first-order valence-corrected chi connectivity index (χ1v) is 17.1. The third-order valence-electron chi connectivity index (χ3n) is 9.72. The summed E-state index contributed by atoms with van der Waals surface area (Å²) in [6.07, 6.45) is 0. The number of fused-ring (bicyclic) bond motifs is 6. The van der Waals surface area contributed by atoms with Crippen molar-refractivity contribution in [2.75, 3.05) is 0 Å². The molecule has 2 aromatic heterocycles. The van der Waals surface area contributed by atoms with Crippen LogP contribution in [0.25, 0.3) is 99.9 Å². The summed E-state index contributed by atoms with van der Waals surface area (Å²) in [5, 5.41) is 6.81. The molecule has 0 saturated carbocycles. The first-order valence-electron chi connectivity index (χ1n) is 17.1. The molecule has 0 spiro atoms. The summed E-state index contributed by atoms with van der Waals surface area (Å²) in [7, 11) is 0. The quantitative estimate of drug-likeness (QED) is 0.186. The molecule has 4 heteroatoms. The second-order valence-corrected chi connectivity index (χ2v) is 12.8. The maximum atomic E-state index is 6.68. The first kappa shape index (κ1) is 29.0. The summed E-state index contributed by atoms with van der Waals surface area (Å²) < 4.78 is 6.68. The molecule has 4 nitrogen and oxygen atoms in total. The lowest BCUT2D eigenvalue weighted by atomic mass is 9.92. The van der Waals surface area contributed by atoms with Crippen molar-refractivity contribution in [1.82, 2.24) is 15.0 Å². The van der Waals surface area contributed by atoms with Crippen LogP contribution in [0.2, 0.25) is 0 Å². The highest BCUT2D eigenvalue weighted by Crippen LogP contribution is 2.43. The summed E-state index contributed by atoms with van der Waals surface area (Å²) in [6, 6.07) is 61.1. The normalized spacial score (nSPS) is 11.5. The number of rotatable bonds is 5. The molecule has 0 amide bonds. The van der Waals surface area contributed by atoms with Gasteiger partial charge in [0.2, 0.25) is 0 Å². The van der Waals surface area contributed by atoms with Gasteiger partial charge in [0, 0.05) is 27.5 Å². The van der Waals surface area contributed by atoms with E-state index in [1.807, 2.05) is 72.8 Å². The number of hydrogen-bond acceptors (Lipinski definition) is 4. The monoisotopic (exact) mass is 651 g/mol. The molecule has 2 heterocycles. The summed E-state index contributed by atoms with van der Waals surface area (Å²) in [5.74, 6) is 1.86. The molecule has 0 unspecified atom stereocenters. The van der Waals surface area contributed by atoms with Gasteiger partial charge in [-0.2, -0.15) is 0 Å². The van der Waals surface area contributed by atoms with E-state index in [0.717, 1.165) is 60.5 Å². The predicted molar refractivity (Wildman–Crippen MR) is 209 cm³/mol. The van der Waals surface area contributed by atoms with Gasteiger partial charge >= 0.3 is 0 Å². The maximum absolute atomic E-state index is 6.68. The second kappa shape index (κ2) is 11.9. The molecule has 0 aliphatic heterocycles. The zero-order valence-corrected chi connectivity index (χ0v) is 27.5. The van der Waals surface area contributed by atoms with E-state index in [9.17, 15) is 0 Å². The minimum atomic E-state index is 0.605. The van der Waals surface area contributed by atoms with E-state index in [0.29, 0.717) is 17.5 Å². The van der Waals surface area contributed by atoms with Gasteiger partial charge < -0.3 is 4.42 Å². The molecule has 10 aromatic rings. The Balaban J connectivity index is 1.15. The van der Waals surface area contributed by atoms with Gasteiger partial charge in [0.15, 0.2) is 17.5 Å². The van der Waals surface area contributed by atoms with Gasteiger partial charge in [0.1, 0.15) is 11.2 Å². The smallest absolute Gasteiger partial charge is 0.164 e. The number of benzene rings is 8. The average molecular weight is 652 g/mol. The van der Waals surface area contributed by atoms with Crippen LogP contribution >= 0.6 is 0 Å². The van der Waals surface area contributed by atoms with E-state index in [2.05, 4.69) is 103 Å². The van der Waals surface area contributed by atoms with Gasteiger partial charge in [-0.05, 0) is 62.0 Å². The Morgan fingerprint density at radius 3 is 1.63 bits per heavy atom. The van der Waals surface area contributed by atoms with Crippen molar-refractivity contribution in [3.63, 3.8) is 0 Å². The summed E-state index contributed by atoms with van der Waals surface area (Å²) in [4.78, 5) is 15.1. The van der Waals surface area contributed by atoms with E-state index in [4.69, 9.17) is 19.4 Å². The Hall–Kier alpha value is -6.91. The van der Waals surface area contributed by atoms with Crippen LogP contribution in [0.15, 0.2) is 180 Å². The van der Waals surface area contributed by atoms with Crippen LogP contribution in [-0.4, -0.2) is 15.0 Å².